The van der Waals surface area contributed by atoms with Gasteiger partial charge in [0.2, 0.25) is 0 Å². The van der Waals surface area contributed by atoms with Gasteiger partial charge in [-0.15, -0.1) is 0 Å². The van der Waals surface area contributed by atoms with E-state index in [1.165, 1.54) is 24.3 Å². The van der Waals surface area contributed by atoms with Crippen molar-refractivity contribution in [3.8, 4) is 0 Å². The van der Waals surface area contributed by atoms with Gasteiger partial charge in [-0.2, -0.15) is 8.42 Å². The van der Waals surface area contributed by atoms with Crippen molar-refractivity contribution in [2.75, 3.05) is 13.2 Å². The normalized spacial score (nSPS) is 19.4. The molecule has 1 aromatic rings. The summed E-state index contributed by atoms with van der Waals surface area (Å²) in [7, 11) is 1.73. The third kappa shape index (κ3) is 3.11. The third-order valence-corrected chi connectivity index (χ3v) is 3.73. The molecule has 0 N–H and O–H groups in total. The molecule has 0 amide bonds. The van der Waals surface area contributed by atoms with Crippen molar-refractivity contribution in [2.45, 2.75) is 17.9 Å². The number of benzene rings is 1. The third-order valence-electron chi connectivity index (χ3n) is 2.43. The van der Waals surface area contributed by atoms with Crippen molar-refractivity contribution in [3.05, 3.63) is 24.3 Å². The van der Waals surface area contributed by atoms with Gasteiger partial charge in [-0.3, -0.25) is 4.18 Å². The Morgan fingerprint density at radius 3 is 2.67 bits per heavy atom. The van der Waals surface area contributed by atoms with E-state index in [2.05, 4.69) is 4.99 Å². The molecule has 1 aromatic carbocycles. The molecule has 1 heterocycles. The molecule has 0 aromatic heterocycles. The van der Waals surface area contributed by atoms with Crippen LogP contribution in [0.15, 0.2) is 34.2 Å². The summed E-state index contributed by atoms with van der Waals surface area (Å²) in [6.45, 7) is 2.04. The first-order valence-corrected chi connectivity index (χ1v) is 6.80. The molecule has 0 fully saturated rings. The van der Waals surface area contributed by atoms with Gasteiger partial charge in [-0.05, 0) is 12.1 Å². The van der Waals surface area contributed by atoms with E-state index in [0.29, 0.717) is 18.0 Å². The standard InChI is InChI=1S/C11H12BNO4S/c1-8-13-10(6-16-8)7-17-18(14,15)11-4-2-9(12)3-5-11/h2-5,10H,6-7H2,1H3/t10-/m0/s1. The first-order chi connectivity index (χ1) is 8.47. The van der Waals surface area contributed by atoms with Crippen LogP contribution in [0.2, 0.25) is 0 Å². The van der Waals surface area contributed by atoms with Crippen LogP contribution in [0, 0.1) is 0 Å². The molecule has 2 rings (SSSR count). The van der Waals surface area contributed by atoms with Crippen molar-refractivity contribution in [1.82, 2.24) is 0 Å². The highest BCUT2D eigenvalue weighted by atomic mass is 32.2. The topological polar surface area (TPSA) is 65.0 Å². The number of aliphatic imine (C=N–C) groups is 1. The van der Waals surface area contributed by atoms with Crippen LogP contribution in [0.4, 0.5) is 0 Å². The molecule has 2 radical (unpaired) electrons. The maximum Gasteiger partial charge on any atom is 0.297 e. The Labute approximate surface area is 107 Å². The summed E-state index contributed by atoms with van der Waals surface area (Å²) in [5.74, 6) is 0.550. The molecule has 0 aliphatic carbocycles. The smallest absolute Gasteiger partial charge is 0.297 e. The van der Waals surface area contributed by atoms with Crippen LogP contribution in [-0.2, 0) is 19.0 Å². The fourth-order valence-electron chi connectivity index (χ4n) is 1.50. The van der Waals surface area contributed by atoms with E-state index < -0.39 is 10.1 Å². The molecule has 7 heteroatoms. The van der Waals surface area contributed by atoms with Crippen molar-refractivity contribution < 1.29 is 17.3 Å². The second-order valence-corrected chi connectivity index (χ2v) is 5.54. The largest absolute Gasteiger partial charge is 0.479 e. The summed E-state index contributed by atoms with van der Waals surface area (Å²) >= 11 is 0. The predicted molar refractivity (Wildman–Crippen MR) is 67.8 cm³/mol. The number of rotatable bonds is 4. The molecule has 0 saturated heterocycles. The molecular formula is C11H12BNO4S. The van der Waals surface area contributed by atoms with Crippen LogP contribution in [0.1, 0.15) is 6.92 Å². The first kappa shape index (κ1) is 13.1. The highest BCUT2D eigenvalue weighted by Gasteiger charge is 2.21. The minimum Gasteiger partial charge on any atom is -0.479 e. The lowest BCUT2D eigenvalue weighted by Crippen LogP contribution is -2.19. The maximum atomic E-state index is 11.8. The quantitative estimate of drug-likeness (QED) is 0.568. The van der Waals surface area contributed by atoms with Gasteiger partial charge in [0.25, 0.3) is 10.1 Å². The fraction of sp³-hybridized carbons (Fsp3) is 0.364. The molecule has 1 aliphatic heterocycles. The van der Waals surface area contributed by atoms with E-state index in [1.807, 2.05) is 0 Å². The molecule has 0 spiro atoms. The lowest BCUT2D eigenvalue weighted by atomic mass is 9.97. The second kappa shape index (κ2) is 5.11. The average molecular weight is 265 g/mol. The van der Waals surface area contributed by atoms with E-state index in [4.69, 9.17) is 16.8 Å². The number of hydrogen-bond donors (Lipinski definition) is 0. The Hall–Kier alpha value is -1.34. The van der Waals surface area contributed by atoms with Crippen LogP contribution in [0.25, 0.3) is 0 Å². The zero-order valence-electron chi connectivity index (χ0n) is 9.87. The highest BCUT2D eigenvalue weighted by molar-refractivity contribution is 7.86. The SMILES string of the molecule is [B]c1ccc(S(=O)(=O)OC[C@@H]2COC(C)=N2)cc1. The summed E-state index contributed by atoms with van der Waals surface area (Å²) in [6, 6.07) is 5.57. The van der Waals surface area contributed by atoms with Gasteiger partial charge in [0.1, 0.15) is 20.5 Å². The minimum absolute atomic E-state index is 0.0238. The lowest BCUT2D eigenvalue weighted by molar-refractivity contribution is 0.246. The van der Waals surface area contributed by atoms with Gasteiger partial charge >= 0.3 is 0 Å². The monoisotopic (exact) mass is 265 g/mol. The zero-order valence-corrected chi connectivity index (χ0v) is 10.7. The molecule has 5 nitrogen and oxygen atoms in total. The zero-order chi connectivity index (χ0) is 13.2. The molecule has 94 valence electrons. The molecule has 0 unspecified atom stereocenters. The first-order valence-electron chi connectivity index (χ1n) is 5.39. The molecule has 1 aliphatic rings. The van der Waals surface area contributed by atoms with Crippen LogP contribution in [0.5, 0.6) is 0 Å². The average Bonchev–Trinajstić information content (AvgIpc) is 2.73. The van der Waals surface area contributed by atoms with Gasteiger partial charge < -0.3 is 4.74 Å². The summed E-state index contributed by atoms with van der Waals surface area (Å²) in [4.78, 5) is 4.16. The number of hydrogen-bond acceptors (Lipinski definition) is 5. The van der Waals surface area contributed by atoms with E-state index in [1.54, 1.807) is 6.92 Å². The highest BCUT2D eigenvalue weighted by Crippen LogP contribution is 2.13. The lowest BCUT2D eigenvalue weighted by Gasteiger charge is -2.08. The predicted octanol–water partition coefficient (Wildman–Crippen LogP) is 0.00290. The Bertz CT molecular complexity index is 553. The van der Waals surface area contributed by atoms with E-state index in [0.717, 1.165) is 0 Å². The van der Waals surface area contributed by atoms with E-state index in [-0.39, 0.29) is 17.5 Å². The number of nitrogens with zero attached hydrogens (tertiary/aromatic N) is 1. The van der Waals surface area contributed by atoms with Gasteiger partial charge in [-0.25, -0.2) is 4.99 Å². The molecule has 0 bridgehead atoms. The van der Waals surface area contributed by atoms with Gasteiger partial charge in [0.15, 0.2) is 5.90 Å². The molecule has 0 saturated carbocycles. The summed E-state index contributed by atoms with van der Waals surface area (Å²) in [6.07, 6.45) is 0. The number of ether oxygens (including phenoxy) is 1. The fourth-order valence-corrected chi connectivity index (χ4v) is 2.45. The van der Waals surface area contributed by atoms with Gasteiger partial charge in [0, 0.05) is 6.92 Å². The molecule has 1 atom stereocenters. The van der Waals surface area contributed by atoms with Gasteiger partial charge in [0.05, 0.1) is 11.5 Å². The van der Waals surface area contributed by atoms with Crippen LogP contribution >= 0.6 is 0 Å². The Morgan fingerprint density at radius 2 is 2.11 bits per heavy atom. The van der Waals surface area contributed by atoms with E-state index in [9.17, 15) is 8.42 Å². The van der Waals surface area contributed by atoms with Crippen molar-refractivity contribution in [1.29, 1.82) is 0 Å². The second-order valence-electron chi connectivity index (χ2n) is 3.92. The Balaban J connectivity index is 2.01. The maximum absolute atomic E-state index is 11.8. The summed E-state index contributed by atoms with van der Waals surface area (Å²) < 4.78 is 33.7. The Kier molecular flexibility index (Phi) is 3.72. The van der Waals surface area contributed by atoms with E-state index >= 15 is 0 Å². The van der Waals surface area contributed by atoms with Crippen LogP contribution in [0.3, 0.4) is 0 Å². The molecular weight excluding hydrogens is 253 g/mol. The minimum atomic E-state index is -3.76. The Morgan fingerprint density at radius 1 is 1.44 bits per heavy atom. The van der Waals surface area contributed by atoms with Crippen LogP contribution in [-0.4, -0.2) is 41.4 Å². The summed E-state index contributed by atoms with van der Waals surface area (Å²) in [5.41, 5.74) is 0.498. The molecule has 18 heavy (non-hydrogen) atoms. The van der Waals surface area contributed by atoms with Crippen molar-refractivity contribution in [2.24, 2.45) is 4.99 Å². The van der Waals surface area contributed by atoms with Gasteiger partial charge in [-0.1, -0.05) is 17.6 Å². The van der Waals surface area contributed by atoms with Crippen LogP contribution < -0.4 is 5.46 Å². The van der Waals surface area contributed by atoms with Crippen molar-refractivity contribution >= 4 is 29.3 Å². The van der Waals surface area contributed by atoms with Crippen molar-refractivity contribution in [3.63, 3.8) is 0 Å². The summed E-state index contributed by atoms with van der Waals surface area (Å²) in [5, 5.41) is 0.